The van der Waals surface area contributed by atoms with Crippen molar-refractivity contribution < 1.29 is 21.9 Å². The number of hydrogen-bond acceptors (Lipinski definition) is 7. The number of aromatic nitrogens is 2. The molecule has 0 radical (unpaired) electrons. The molecule has 0 saturated carbocycles. The molecule has 0 spiro atoms. The number of nitrogens with one attached hydrogen (secondary N) is 2. The van der Waals surface area contributed by atoms with Crippen LogP contribution in [0.25, 0.3) is 0 Å². The molecule has 0 bridgehead atoms. The zero-order valence-corrected chi connectivity index (χ0v) is 17.8. The second-order valence-electron chi connectivity index (χ2n) is 7.24. The lowest BCUT2D eigenvalue weighted by molar-refractivity contribution is 0.122. The lowest BCUT2D eigenvalue weighted by Gasteiger charge is -2.28. The summed E-state index contributed by atoms with van der Waals surface area (Å²) in [4.78, 5) is 2.16. The summed E-state index contributed by atoms with van der Waals surface area (Å²) < 4.78 is 59.1. The first-order chi connectivity index (χ1) is 15.4. The second-order valence-corrected chi connectivity index (χ2v) is 8.96. The monoisotopic (exact) mass is 461 g/mol. The van der Waals surface area contributed by atoms with E-state index < -0.39 is 27.4 Å². The van der Waals surface area contributed by atoms with Crippen LogP contribution in [0.3, 0.4) is 0 Å². The fourth-order valence-electron chi connectivity index (χ4n) is 3.31. The van der Waals surface area contributed by atoms with Gasteiger partial charge in [0.05, 0.1) is 30.9 Å². The Hall–Kier alpha value is -3.31. The smallest absolute Gasteiger partial charge is 0.236 e. The van der Waals surface area contributed by atoms with Crippen LogP contribution in [0.1, 0.15) is 5.56 Å². The standard InChI is InChI=1S/C21H21F2N5O3S/c22-16-9-15(10-17(23)11-16)14-32(29,30)27-19-3-1-18(2-4-19)25-21-12-20(13-24-26-21)28-5-7-31-8-6-28/h1-4,9-13,27H,5-8,14H2,(H,25,26). The van der Waals surface area contributed by atoms with Crippen LogP contribution in [0, 0.1) is 11.6 Å². The number of anilines is 4. The van der Waals surface area contributed by atoms with Gasteiger partial charge in [0, 0.05) is 36.6 Å². The van der Waals surface area contributed by atoms with Crippen molar-refractivity contribution in [3.05, 3.63) is 71.9 Å². The Labute approximate surface area is 184 Å². The van der Waals surface area contributed by atoms with Gasteiger partial charge in [-0.15, -0.1) is 5.10 Å². The molecule has 2 heterocycles. The lowest BCUT2D eigenvalue weighted by atomic mass is 10.2. The van der Waals surface area contributed by atoms with Crippen LogP contribution in [0.4, 0.5) is 31.7 Å². The van der Waals surface area contributed by atoms with E-state index in [0.717, 1.165) is 30.9 Å². The van der Waals surface area contributed by atoms with Crippen molar-refractivity contribution in [3.8, 4) is 0 Å². The largest absolute Gasteiger partial charge is 0.378 e. The average molecular weight is 461 g/mol. The molecule has 3 aromatic rings. The maximum atomic E-state index is 13.3. The molecule has 1 saturated heterocycles. The zero-order valence-electron chi connectivity index (χ0n) is 17.0. The minimum atomic E-state index is -3.85. The second kappa shape index (κ2) is 9.45. The van der Waals surface area contributed by atoms with Crippen LogP contribution >= 0.6 is 0 Å². The topological polar surface area (TPSA) is 96.5 Å². The first-order valence-electron chi connectivity index (χ1n) is 9.84. The van der Waals surface area contributed by atoms with E-state index in [9.17, 15) is 17.2 Å². The summed E-state index contributed by atoms with van der Waals surface area (Å²) in [7, 11) is -3.85. The van der Waals surface area contributed by atoms with Gasteiger partial charge in [-0.25, -0.2) is 17.2 Å². The number of hydrogen-bond donors (Lipinski definition) is 2. The predicted octanol–water partition coefficient (Wildman–Crippen LogP) is 3.28. The molecule has 1 aromatic heterocycles. The van der Waals surface area contributed by atoms with E-state index in [4.69, 9.17) is 4.74 Å². The first-order valence-corrected chi connectivity index (χ1v) is 11.5. The summed E-state index contributed by atoms with van der Waals surface area (Å²) in [5.41, 5.74) is 1.96. The van der Waals surface area contributed by atoms with Crippen LogP contribution in [0.5, 0.6) is 0 Å². The average Bonchev–Trinajstić information content (AvgIpc) is 2.75. The van der Waals surface area contributed by atoms with E-state index >= 15 is 0 Å². The summed E-state index contributed by atoms with van der Waals surface area (Å²) in [6.45, 7) is 2.89. The first kappa shape index (κ1) is 21.9. The van der Waals surface area contributed by atoms with E-state index in [0.29, 0.717) is 36.5 Å². The van der Waals surface area contributed by atoms with Gasteiger partial charge < -0.3 is 15.0 Å². The van der Waals surface area contributed by atoms with Crippen molar-refractivity contribution in [2.75, 3.05) is 41.2 Å². The van der Waals surface area contributed by atoms with Gasteiger partial charge in [-0.3, -0.25) is 4.72 Å². The van der Waals surface area contributed by atoms with Crippen molar-refractivity contribution in [3.63, 3.8) is 0 Å². The number of halogens is 2. The molecule has 4 rings (SSSR count). The Bertz CT molecular complexity index is 1170. The SMILES string of the molecule is O=S(=O)(Cc1cc(F)cc(F)c1)Nc1ccc(Nc2cc(N3CCOCC3)cnn2)cc1. The fourth-order valence-corrected chi connectivity index (χ4v) is 4.48. The molecule has 8 nitrogen and oxygen atoms in total. The minimum absolute atomic E-state index is 0.0204. The van der Waals surface area contributed by atoms with E-state index in [-0.39, 0.29) is 5.56 Å². The highest BCUT2D eigenvalue weighted by molar-refractivity contribution is 7.91. The Morgan fingerprint density at radius 2 is 1.62 bits per heavy atom. The number of rotatable bonds is 7. The third-order valence-corrected chi connectivity index (χ3v) is 5.99. The quantitative estimate of drug-likeness (QED) is 0.557. The van der Waals surface area contributed by atoms with E-state index in [2.05, 4.69) is 25.1 Å². The van der Waals surface area contributed by atoms with Crippen molar-refractivity contribution >= 4 is 32.9 Å². The van der Waals surface area contributed by atoms with Crippen LogP contribution in [-0.4, -0.2) is 44.9 Å². The fraction of sp³-hybridized carbons (Fsp3) is 0.238. The molecule has 1 fully saturated rings. The van der Waals surface area contributed by atoms with Gasteiger partial charge in [-0.2, -0.15) is 5.10 Å². The summed E-state index contributed by atoms with van der Waals surface area (Å²) in [6, 6.07) is 11.1. The molecule has 0 aliphatic carbocycles. The molecule has 0 amide bonds. The molecule has 32 heavy (non-hydrogen) atoms. The Kier molecular flexibility index (Phi) is 6.47. The van der Waals surface area contributed by atoms with Crippen LogP contribution in [-0.2, 0) is 20.5 Å². The van der Waals surface area contributed by atoms with Gasteiger partial charge in [0.15, 0.2) is 5.82 Å². The highest BCUT2D eigenvalue weighted by atomic mass is 32.2. The van der Waals surface area contributed by atoms with Crippen LogP contribution < -0.4 is 14.9 Å². The Morgan fingerprint density at radius 1 is 0.969 bits per heavy atom. The molecular weight excluding hydrogens is 440 g/mol. The van der Waals surface area contributed by atoms with E-state index in [1.54, 1.807) is 30.5 Å². The highest BCUT2D eigenvalue weighted by Gasteiger charge is 2.14. The number of ether oxygens (including phenoxy) is 1. The summed E-state index contributed by atoms with van der Waals surface area (Å²) in [6.07, 6.45) is 1.69. The summed E-state index contributed by atoms with van der Waals surface area (Å²) >= 11 is 0. The number of sulfonamides is 1. The van der Waals surface area contributed by atoms with Crippen molar-refractivity contribution in [2.45, 2.75) is 5.75 Å². The van der Waals surface area contributed by atoms with Crippen molar-refractivity contribution in [1.29, 1.82) is 0 Å². The van der Waals surface area contributed by atoms with Crippen LogP contribution in [0.15, 0.2) is 54.7 Å². The molecule has 2 aromatic carbocycles. The molecule has 1 aliphatic rings. The molecule has 11 heteroatoms. The molecule has 0 atom stereocenters. The number of nitrogens with zero attached hydrogens (tertiary/aromatic N) is 3. The van der Waals surface area contributed by atoms with E-state index in [1.807, 2.05) is 6.07 Å². The van der Waals surface area contributed by atoms with Gasteiger partial charge in [-0.05, 0) is 42.0 Å². The van der Waals surface area contributed by atoms with Crippen molar-refractivity contribution in [1.82, 2.24) is 10.2 Å². The van der Waals surface area contributed by atoms with Gasteiger partial charge >= 0.3 is 0 Å². The van der Waals surface area contributed by atoms with Gasteiger partial charge in [0.1, 0.15) is 11.6 Å². The third-order valence-electron chi connectivity index (χ3n) is 4.73. The Balaban J connectivity index is 1.40. The lowest BCUT2D eigenvalue weighted by Crippen LogP contribution is -2.36. The molecule has 0 unspecified atom stereocenters. The molecular formula is C21H21F2N5O3S. The van der Waals surface area contributed by atoms with Crippen molar-refractivity contribution in [2.24, 2.45) is 0 Å². The Morgan fingerprint density at radius 3 is 2.31 bits per heavy atom. The third kappa shape index (κ3) is 5.89. The maximum absolute atomic E-state index is 13.3. The molecule has 2 N–H and O–H groups in total. The van der Waals surface area contributed by atoms with Crippen LogP contribution in [0.2, 0.25) is 0 Å². The number of benzene rings is 2. The normalized spacial score (nSPS) is 14.2. The van der Waals surface area contributed by atoms with Gasteiger partial charge in [-0.1, -0.05) is 0 Å². The minimum Gasteiger partial charge on any atom is -0.378 e. The van der Waals surface area contributed by atoms with Gasteiger partial charge in [0.2, 0.25) is 10.0 Å². The number of morpholine rings is 1. The van der Waals surface area contributed by atoms with Gasteiger partial charge in [0.25, 0.3) is 0 Å². The predicted molar refractivity (Wildman–Crippen MR) is 117 cm³/mol. The molecule has 168 valence electrons. The molecule has 1 aliphatic heterocycles. The maximum Gasteiger partial charge on any atom is 0.236 e. The summed E-state index contributed by atoms with van der Waals surface area (Å²) in [5, 5.41) is 11.2. The highest BCUT2D eigenvalue weighted by Crippen LogP contribution is 2.22. The zero-order chi connectivity index (χ0) is 22.6. The van der Waals surface area contributed by atoms with E-state index in [1.165, 1.54) is 0 Å². The summed E-state index contributed by atoms with van der Waals surface area (Å²) in [5.74, 6) is -1.65.